The number of pyridine rings is 1. The number of aromatic nitrogens is 1. The molecule has 1 aliphatic rings. The largest absolute Gasteiger partial charge is 0.247 e. The summed E-state index contributed by atoms with van der Waals surface area (Å²) >= 11 is 0. The molecule has 2 heteroatoms. The van der Waals surface area contributed by atoms with E-state index in [1.54, 1.807) is 0 Å². The minimum Gasteiger partial charge on any atom is -0.247 e. The lowest BCUT2D eigenvalue weighted by Gasteiger charge is -2.34. The lowest BCUT2D eigenvalue weighted by atomic mass is 9.67. The lowest BCUT2D eigenvalue weighted by molar-refractivity contribution is 0.769. The smallest absolute Gasteiger partial charge is 0.0991 e. The Morgan fingerprint density at radius 2 is 0.981 bits per heavy atom. The van der Waals surface area contributed by atoms with Gasteiger partial charge in [-0.1, -0.05) is 158 Å². The Morgan fingerprint density at radius 1 is 0.396 bits per heavy atom. The Kier molecular flexibility index (Phi) is 7.13. The van der Waals surface area contributed by atoms with E-state index in [0.717, 1.165) is 49.8 Å². The predicted molar refractivity (Wildman–Crippen MR) is 218 cm³/mol. The molecule has 1 heterocycles. The third-order valence-electron chi connectivity index (χ3n) is 11.0. The highest BCUT2D eigenvalue weighted by Gasteiger charge is 2.46. The van der Waals surface area contributed by atoms with Crippen LogP contribution in [-0.4, -0.2) is 4.98 Å². The highest BCUT2D eigenvalue weighted by molar-refractivity contribution is 6.13. The van der Waals surface area contributed by atoms with Gasteiger partial charge in [0.1, 0.15) is 0 Å². The van der Waals surface area contributed by atoms with E-state index in [-0.39, 0.29) is 0 Å². The van der Waals surface area contributed by atoms with Crippen molar-refractivity contribution >= 4 is 21.7 Å². The van der Waals surface area contributed by atoms with E-state index in [9.17, 15) is 5.26 Å². The van der Waals surface area contributed by atoms with Gasteiger partial charge in [0.25, 0.3) is 0 Å². The molecule has 0 spiro atoms. The Morgan fingerprint density at radius 3 is 1.68 bits per heavy atom. The number of para-hydroxylation sites is 1. The highest BCUT2D eigenvalue weighted by Crippen LogP contribution is 2.57. The molecule has 0 atom stereocenters. The van der Waals surface area contributed by atoms with E-state index in [1.807, 2.05) is 24.3 Å². The second-order valence-corrected chi connectivity index (χ2v) is 13.8. The van der Waals surface area contributed by atoms with Crippen molar-refractivity contribution in [2.24, 2.45) is 0 Å². The van der Waals surface area contributed by atoms with Crippen LogP contribution in [0, 0.1) is 11.3 Å². The fraction of sp³-hybridized carbons (Fsp3) is 0.0196. The van der Waals surface area contributed by atoms with Crippen LogP contribution >= 0.6 is 0 Å². The van der Waals surface area contributed by atoms with Gasteiger partial charge in [-0.05, 0) is 97.4 Å². The zero-order valence-electron chi connectivity index (χ0n) is 28.9. The number of hydrogen-bond acceptors (Lipinski definition) is 2. The van der Waals surface area contributed by atoms with Gasteiger partial charge in [-0.2, -0.15) is 5.26 Å². The highest BCUT2D eigenvalue weighted by atomic mass is 14.7. The zero-order chi connectivity index (χ0) is 35.4. The summed E-state index contributed by atoms with van der Waals surface area (Å²) in [6, 6.07) is 71.7. The van der Waals surface area contributed by atoms with Crippen molar-refractivity contribution in [3.8, 4) is 50.7 Å². The van der Waals surface area contributed by atoms with Crippen LogP contribution in [0.15, 0.2) is 194 Å². The summed E-state index contributed by atoms with van der Waals surface area (Å²) in [6.45, 7) is 0. The van der Waals surface area contributed by atoms with Crippen molar-refractivity contribution in [1.82, 2.24) is 4.98 Å². The van der Waals surface area contributed by atoms with E-state index >= 15 is 0 Å². The average Bonchev–Trinajstić information content (AvgIpc) is 3.53. The molecule has 0 bridgehead atoms. The summed E-state index contributed by atoms with van der Waals surface area (Å²) in [6.07, 6.45) is 0. The van der Waals surface area contributed by atoms with Gasteiger partial charge in [0.15, 0.2) is 0 Å². The number of hydrogen-bond donors (Lipinski definition) is 0. The Hall–Kier alpha value is -7.08. The second kappa shape index (κ2) is 12.3. The maximum Gasteiger partial charge on any atom is 0.0991 e. The van der Waals surface area contributed by atoms with Crippen molar-refractivity contribution in [3.05, 3.63) is 222 Å². The minimum absolute atomic E-state index is 0.475. The molecule has 53 heavy (non-hydrogen) atoms. The third kappa shape index (κ3) is 4.83. The molecule has 0 radical (unpaired) electrons. The third-order valence-corrected chi connectivity index (χ3v) is 11.0. The summed E-state index contributed by atoms with van der Waals surface area (Å²) in [7, 11) is 0. The normalized spacial score (nSPS) is 12.7. The summed E-state index contributed by atoms with van der Waals surface area (Å²) in [5, 5.41) is 12.7. The molecule has 0 aliphatic heterocycles. The molecule has 1 aromatic heterocycles. The molecule has 10 rings (SSSR count). The molecule has 1 aliphatic carbocycles. The van der Waals surface area contributed by atoms with Crippen LogP contribution in [0.2, 0.25) is 0 Å². The first-order chi connectivity index (χ1) is 26.2. The first-order valence-corrected chi connectivity index (χ1v) is 18.0. The van der Waals surface area contributed by atoms with Gasteiger partial charge < -0.3 is 0 Å². The Bertz CT molecular complexity index is 2830. The lowest BCUT2D eigenvalue weighted by Crippen LogP contribution is -2.28. The number of nitriles is 1. The van der Waals surface area contributed by atoms with E-state index in [0.29, 0.717) is 5.56 Å². The van der Waals surface area contributed by atoms with Crippen LogP contribution in [-0.2, 0) is 5.41 Å². The summed E-state index contributed by atoms with van der Waals surface area (Å²) in [5.74, 6) is 0. The quantitative estimate of drug-likeness (QED) is 0.171. The number of fused-ring (bicyclic) bond motifs is 6. The number of nitrogens with zero attached hydrogens (tertiary/aromatic N) is 2. The molecule has 0 fully saturated rings. The van der Waals surface area contributed by atoms with Gasteiger partial charge in [-0.25, -0.2) is 4.98 Å². The maximum absolute atomic E-state index is 9.21. The molecule has 8 aromatic carbocycles. The monoisotopic (exact) mass is 672 g/mol. The predicted octanol–water partition coefficient (Wildman–Crippen LogP) is 12.6. The molecule has 246 valence electrons. The first kappa shape index (κ1) is 30.7. The summed E-state index contributed by atoms with van der Waals surface area (Å²) in [5.41, 5.74) is 15.3. The molecular weight excluding hydrogens is 641 g/mol. The van der Waals surface area contributed by atoms with Gasteiger partial charge in [0.2, 0.25) is 0 Å². The molecular formula is C51H32N2. The average molecular weight is 673 g/mol. The molecule has 0 saturated carbocycles. The Labute approximate surface area is 308 Å². The number of rotatable bonds is 5. The van der Waals surface area contributed by atoms with Gasteiger partial charge in [0, 0.05) is 16.3 Å². The fourth-order valence-electron chi connectivity index (χ4n) is 8.54. The van der Waals surface area contributed by atoms with Crippen LogP contribution in [0.25, 0.3) is 66.3 Å². The van der Waals surface area contributed by atoms with Crippen molar-refractivity contribution in [3.63, 3.8) is 0 Å². The van der Waals surface area contributed by atoms with Crippen LogP contribution in [0.5, 0.6) is 0 Å². The van der Waals surface area contributed by atoms with Crippen molar-refractivity contribution < 1.29 is 0 Å². The maximum atomic E-state index is 9.21. The Balaban J connectivity index is 1.19. The van der Waals surface area contributed by atoms with Crippen LogP contribution in [0.1, 0.15) is 27.8 Å². The first-order valence-electron chi connectivity index (χ1n) is 18.0. The molecule has 0 saturated heterocycles. The molecule has 0 unspecified atom stereocenters. The number of benzene rings is 8. The van der Waals surface area contributed by atoms with Crippen molar-refractivity contribution in [2.45, 2.75) is 5.41 Å². The van der Waals surface area contributed by atoms with Crippen molar-refractivity contribution in [1.29, 1.82) is 5.26 Å². The van der Waals surface area contributed by atoms with Crippen molar-refractivity contribution in [2.75, 3.05) is 0 Å². The minimum atomic E-state index is -0.475. The van der Waals surface area contributed by atoms with Gasteiger partial charge in [0.05, 0.1) is 28.3 Å². The van der Waals surface area contributed by atoms with E-state index in [4.69, 9.17) is 4.98 Å². The van der Waals surface area contributed by atoms with E-state index in [2.05, 4.69) is 176 Å². The second-order valence-electron chi connectivity index (χ2n) is 13.8. The molecule has 0 N–H and O–H groups in total. The molecule has 0 amide bonds. The summed E-state index contributed by atoms with van der Waals surface area (Å²) < 4.78 is 0. The van der Waals surface area contributed by atoms with Crippen LogP contribution in [0.4, 0.5) is 0 Å². The molecule has 2 nitrogen and oxygen atoms in total. The van der Waals surface area contributed by atoms with E-state index < -0.39 is 5.41 Å². The standard InChI is InChI=1S/C51H32N2/c52-33-34-22-24-35(25-23-34)36-26-28-37(29-27-36)38-12-11-13-39(30-38)50-46-31-45-42-18-7-9-20-47(42)51(40-14-3-1-4-15-40,41-16-5-2-6-17-41)48(45)32-44(46)43-19-8-10-21-49(43)53-50/h1-32H. The van der Waals surface area contributed by atoms with Crippen LogP contribution < -0.4 is 0 Å². The fourth-order valence-corrected chi connectivity index (χ4v) is 8.54. The summed E-state index contributed by atoms with van der Waals surface area (Å²) in [4.78, 5) is 5.39. The zero-order valence-corrected chi connectivity index (χ0v) is 28.9. The van der Waals surface area contributed by atoms with Crippen LogP contribution in [0.3, 0.4) is 0 Å². The van der Waals surface area contributed by atoms with E-state index in [1.165, 1.54) is 38.8 Å². The van der Waals surface area contributed by atoms with Gasteiger partial charge in [-0.15, -0.1) is 0 Å². The topological polar surface area (TPSA) is 36.7 Å². The molecule has 9 aromatic rings. The SMILES string of the molecule is N#Cc1ccc(-c2ccc(-c3cccc(-c4nc5ccccc5c5cc6c(cc45)-c4ccccc4C6(c4ccccc4)c4ccccc4)c3)cc2)cc1. The van der Waals surface area contributed by atoms with Gasteiger partial charge in [-0.3, -0.25) is 0 Å². The van der Waals surface area contributed by atoms with Gasteiger partial charge >= 0.3 is 0 Å².